The number of ether oxygens (including phenoxy) is 4. The lowest BCUT2D eigenvalue weighted by molar-refractivity contribution is -0.141. The van der Waals surface area contributed by atoms with E-state index in [4.69, 9.17) is 28.9 Å². The van der Waals surface area contributed by atoms with E-state index in [1.807, 2.05) is 86.3 Å². The van der Waals surface area contributed by atoms with Gasteiger partial charge in [0.15, 0.2) is 11.5 Å². The van der Waals surface area contributed by atoms with Crippen LogP contribution >= 0.6 is 0 Å². The van der Waals surface area contributed by atoms with Crippen LogP contribution in [0.3, 0.4) is 0 Å². The molecule has 5 aliphatic rings. The Bertz CT molecular complexity index is 2360. The third kappa shape index (κ3) is 6.74. The van der Waals surface area contributed by atoms with Gasteiger partial charge in [-0.3, -0.25) is 9.59 Å². The Morgan fingerprint density at radius 1 is 0.689 bits per heavy atom. The molecule has 5 heterocycles. The van der Waals surface area contributed by atoms with E-state index >= 15 is 0 Å². The van der Waals surface area contributed by atoms with Crippen molar-refractivity contribution in [1.29, 1.82) is 0 Å². The number of carbonyl (C=O) groups excluding carboxylic acids is 4. The number of aromatic nitrogens is 4. The number of amides is 4. The molecule has 16 heteroatoms. The molecule has 16 nitrogen and oxygen atoms in total. The highest BCUT2D eigenvalue weighted by molar-refractivity contribution is 5.88. The molecule has 2 aliphatic carbocycles. The zero-order valence-corrected chi connectivity index (χ0v) is 35.5. The van der Waals surface area contributed by atoms with Gasteiger partial charge in [-0.1, -0.05) is 52.0 Å². The lowest BCUT2D eigenvalue weighted by atomic mass is 9.93. The van der Waals surface area contributed by atoms with E-state index in [0.717, 1.165) is 78.1 Å². The zero-order valence-electron chi connectivity index (χ0n) is 35.5. The Labute approximate surface area is 354 Å². The second-order valence-electron chi connectivity index (χ2n) is 18.0. The highest BCUT2D eigenvalue weighted by Crippen LogP contribution is 2.55. The standard InChI is InChI=1S/C45H54N8O8/c1-24(2)34(50-42(56)58-5)38(54)52-21-26-13-15-44(52,17-26)40-46-19-32(48-40)29-9-7-28(8-10-29)30-11-12-31(37-36(30)60-23-61-37)33-20-47-41(49-33)45-16-14-27(18-45)22-53(45)39(55)35(25(3)4)51-43(57)59-6/h7-12,19-20,24-27,34-35H,13-18,21-23H2,1-6H3,(H,46,48)(H,47,49)(H,50,56)(H,51,57)/t26-,27-,34+,35+,44+,45+/m1/s1. The van der Waals surface area contributed by atoms with Crippen LogP contribution in [-0.4, -0.2) is 99.9 Å². The van der Waals surface area contributed by atoms with Gasteiger partial charge in [0.25, 0.3) is 0 Å². The fourth-order valence-corrected chi connectivity index (χ4v) is 10.6. The molecular weight excluding hydrogens is 781 g/mol. The van der Waals surface area contributed by atoms with Crippen molar-refractivity contribution in [2.24, 2.45) is 23.7 Å². The van der Waals surface area contributed by atoms with Crippen molar-refractivity contribution in [3.8, 4) is 45.1 Å². The van der Waals surface area contributed by atoms with E-state index in [0.29, 0.717) is 42.1 Å². The molecule has 4 N–H and O–H groups in total. The van der Waals surface area contributed by atoms with E-state index in [-0.39, 0.29) is 30.4 Å². The summed E-state index contributed by atoms with van der Waals surface area (Å²) in [5.74, 6) is 2.94. The molecule has 2 saturated carbocycles. The molecule has 322 valence electrons. The van der Waals surface area contributed by atoms with Gasteiger partial charge < -0.3 is 49.3 Å². The number of nitrogens with zero attached hydrogens (tertiary/aromatic N) is 4. The molecule has 0 radical (unpaired) electrons. The van der Waals surface area contributed by atoms with Crippen LogP contribution < -0.4 is 20.1 Å². The Morgan fingerprint density at radius 2 is 1.15 bits per heavy atom. The van der Waals surface area contributed by atoms with Gasteiger partial charge in [-0.25, -0.2) is 19.6 Å². The number of imidazole rings is 2. The minimum Gasteiger partial charge on any atom is -0.453 e. The van der Waals surface area contributed by atoms with Crippen molar-refractivity contribution in [2.45, 2.75) is 89.4 Å². The van der Waals surface area contributed by atoms with E-state index in [2.05, 4.69) is 20.6 Å². The summed E-state index contributed by atoms with van der Waals surface area (Å²) in [4.78, 5) is 73.2. The number of alkyl carbamates (subject to hydrolysis) is 2. The van der Waals surface area contributed by atoms with E-state index in [9.17, 15) is 19.2 Å². The van der Waals surface area contributed by atoms with Gasteiger partial charge >= 0.3 is 12.2 Å². The molecule has 0 spiro atoms. The molecule has 4 fully saturated rings. The molecule has 4 aromatic rings. The highest BCUT2D eigenvalue weighted by Gasteiger charge is 2.58. The number of piperidine rings is 2. The number of aromatic amines is 2. The number of hydrogen-bond donors (Lipinski definition) is 4. The van der Waals surface area contributed by atoms with Crippen molar-refractivity contribution in [1.82, 2.24) is 40.4 Å². The fraction of sp³-hybridized carbons (Fsp3) is 0.511. The van der Waals surface area contributed by atoms with Crippen LogP contribution in [0.5, 0.6) is 11.5 Å². The van der Waals surface area contributed by atoms with Crippen LogP contribution in [0, 0.1) is 23.7 Å². The normalized spacial score (nSPS) is 24.4. The maximum atomic E-state index is 14.0. The van der Waals surface area contributed by atoms with Crippen LogP contribution in [0.15, 0.2) is 48.8 Å². The quantitative estimate of drug-likeness (QED) is 0.133. The number of fused-ring (bicyclic) bond motifs is 5. The molecule has 4 bridgehead atoms. The summed E-state index contributed by atoms with van der Waals surface area (Å²) in [7, 11) is 2.60. The smallest absolute Gasteiger partial charge is 0.407 e. The third-order valence-corrected chi connectivity index (χ3v) is 13.7. The second kappa shape index (κ2) is 15.4. The van der Waals surface area contributed by atoms with Crippen molar-refractivity contribution >= 4 is 24.0 Å². The minimum atomic E-state index is -0.720. The van der Waals surface area contributed by atoms with Gasteiger partial charge in [0.05, 0.1) is 25.6 Å². The first-order valence-electron chi connectivity index (χ1n) is 21.3. The van der Waals surface area contributed by atoms with Crippen molar-refractivity contribution in [3.63, 3.8) is 0 Å². The highest BCUT2D eigenvalue weighted by atomic mass is 16.7. The third-order valence-electron chi connectivity index (χ3n) is 13.7. The number of rotatable bonds is 11. The SMILES string of the molecule is COC(=O)N[C@H](C(=O)N1C[C@@H]2CC[C@@]1(c1nc(-c3ccc(-c4ccc(-c5c[nH]c([C@@]67CC[C@@H](CN6C(=O)[C@@H](NC(=O)OC)C(C)C)C7)n5)c5c4OCO5)cc3)c[nH]1)C2)C(C)C. The van der Waals surface area contributed by atoms with Crippen molar-refractivity contribution < 1.29 is 38.1 Å². The Kier molecular flexibility index (Phi) is 10.2. The van der Waals surface area contributed by atoms with Crippen molar-refractivity contribution in [3.05, 3.63) is 60.4 Å². The van der Waals surface area contributed by atoms with Gasteiger partial charge in [0, 0.05) is 42.2 Å². The summed E-state index contributed by atoms with van der Waals surface area (Å²) in [6.45, 7) is 8.97. The fourth-order valence-electron chi connectivity index (χ4n) is 10.6. The molecular formula is C45H54N8O8. The van der Waals surface area contributed by atoms with Crippen LogP contribution in [0.1, 0.15) is 77.9 Å². The molecule has 2 aromatic carbocycles. The monoisotopic (exact) mass is 834 g/mol. The number of nitrogens with one attached hydrogen (secondary N) is 4. The summed E-state index contributed by atoms with van der Waals surface area (Å²) >= 11 is 0. The lowest BCUT2D eigenvalue weighted by Gasteiger charge is -2.40. The molecule has 2 aromatic heterocycles. The number of H-pyrrole nitrogens is 2. The largest absolute Gasteiger partial charge is 0.453 e. The maximum Gasteiger partial charge on any atom is 0.407 e. The Balaban J connectivity index is 0.945. The zero-order chi connectivity index (χ0) is 42.8. The summed E-state index contributed by atoms with van der Waals surface area (Å²) < 4.78 is 21.8. The van der Waals surface area contributed by atoms with Crippen molar-refractivity contribution in [2.75, 3.05) is 34.1 Å². The predicted octanol–water partition coefficient (Wildman–Crippen LogP) is 6.30. The molecule has 9 rings (SSSR count). The number of benzene rings is 2. The van der Waals surface area contributed by atoms with Gasteiger partial charge in [-0.2, -0.15) is 0 Å². The Morgan fingerprint density at radius 3 is 1.64 bits per heavy atom. The summed E-state index contributed by atoms with van der Waals surface area (Å²) in [6.07, 6.45) is 7.72. The molecule has 0 unspecified atom stereocenters. The van der Waals surface area contributed by atoms with Gasteiger partial charge in [0.1, 0.15) is 34.8 Å². The molecule has 6 atom stereocenters. The van der Waals surface area contributed by atoms with E-state index < -0.39 is 35.3 Å². The number of methoxy groups -OCH3 is 2. The Hall–Kier alpha value is -6.06. The molecule has 3 aliphatic heterocycles. The van der Waals surface area contributed by atoms with E-state index in [1.54, 1.807) is 0 Å². The average Bonchev–Trinajstić information content (AvgIpc) is 4.13. The number of hydrogen-bond acceptors (Lipinski definition) is 10. The maximum absolute atomic E-state index is 14.0. The van der Waals surface area contributed by atoms with Gasteiger partial charge in [0.2, 0.25) is 18.6 Å². The molecule has 4 amide bonds. The first-order valence-corrected chi connectivity index (χ1v) is 21.3. The summed E-state index contributed by atoms with van der Waals surface area (Å²) in [6, 6.07) is 10.7. The summed E-state index contributed by atoms with van der Waals surface area (Å²) in [5.41, 5.74) is 3.81. The van der Waals surface area contributed by atoms with Crippen LogP contribution in [0.4, 0.5) is 9.59 Å². The second-order valence-corrected chi connectivity index (χ2v) is 18.0. The van der Waals surface area contributed by atoms with Gasteiger partial charge in [-0.05, 0) is 79.9 Å². The van der Waals surface area contributed by atoms with Crippen LogP contribution in [0.25, 0.3) is 33.6 Å². The topological polar surface area (TPSA) is 193 Å². The first-order chi connectivity index (χ1) is 29.3. The minimum absolute atomic E-state index is 0.0707. The lowest BCUT2D eigenvalue weighted by Crippen LogP contribution is -2.56. The number of carbonyl (C=O) groups is 4. The molecule has 61 heavy (non-hydrogen) atoms. The summed E-state index contributed by atoms with van der Waals surface area (Å²) in [5, 5.41) is 5.50. The van der Waals surface area contributed by atoms with E-state index in [1.165, 1.54) is 14.2 Å². The predicted molar refractivity (Wildman–Crippen MR) is 223 cm³/mol. The van der Waals surface area contributed by atoms with Crippen LogP contribution in [0.2, 0.25) is 0 Å². The first kappa shape index (κ1) is 40.4. The van der Waals surface area contributed by atoms with Crippen LogP contribution in [-0.2, 0) is 30.1 Å². The van der Waals surface area contributed by atoms with Gasteiger partial charge in [-0.15, -0.1) is 0 Å². The average molecular weight is 835 g/mol. The molecule has 2 saturated heterocycles. The number of likely N-dealkylation sites (tertiary alicyclic amines) is 2.